The molecule has 0 atom stereocenters. The Bertz CT molecular complexity index is 881. The van der Waals surface area contributed by atoms with Gasteiger partial charge < -0.3 is 4.18 Å². The van der Waals surface area contributed by atoms with Gasteiger partial charge in [0.05, 0.1) is 16.9 Å². The molecule has 1 heterocycles. The SMILES string of the molecule is C1=C(c2ccccc2)C(c2ccccc2)=C(c2ccccc2)SO1. The highest BCUT2D eigenvalue weighted by Gasteiger charge is 2.22. The van der Waals surface area contributed by atoms with Crippen LogP contribution in [0.25, 0.3) is 16.1 Å². The summed E-state index contributed by atoms with van der Waals surface area (Å²) in [5.74, 6) is 0. The van der Waals surface area contributed by atoms with Gasteiger partial charge in [0, 0.05) is 11.1 Å². The topological polar surface area (TPSA) is 9.23 Å². The van der Waals surface area contributed by atoms with Gasteiger partial charge in [-0.2, -0.15) is 0 Å². The van der Waals surface area contributed by atoms with Crippen LogP contribution in [0.3, 0.4) is 0 Å². The van der Waals surface area contributed by atoms with E-state index in [4.69, 9.17) is 4.18 Å². The van der Waals surface area contributed by atoms with Crippen molar-refractivity contribution >= 4 is 28.1 Å². The molecular weight excluding hydrogens is 312 g/mol. The molecule has 0 N–H and O–H groups in total. The summed E-state index contributed by atoms with van der Waals surface area (Å²) >= 11 is 1.42. The smallest absolute Gasteiger partial charge is 0.110 e. The van der Waals surface area contributed by atoms with Crippen LogP contribution in [0.5, 0.6) is 0 Å². The van der Waals surface area contributed by atoms with Crippen molar-refractivity contribution in [3.05, 3.63) is 114 Å². The first-order chi connectivity index (χ1) is 11.9. The molecule has 0 fully saturated rings. The zero-order chi connectivity index (χ0) is 16.2. The molecule has 1 aliphatic heterocycles. The molecule has 2 heteroatoms. The molecule has 0 bridgehead atoms. The van der Waals surface area contributed by atoms with Gasteiger partial charge in [0.15, 0.2) is 0 Å². The molecule has 0 amide bonds. The van der Waals surface area contributed by atoms with Crippen LogP contribution in [0.1, 0.15) is 16.7 Å². The van der Waals surface area contributed by atoms with Crippen molar-refractivity contribution in [2.45, 2.75) is 0 Å². The number of hydrogen-bond acceptors (Lipinski definition) is 2. The van der Waals surface area contributed by atoms with E-state index in [1.165, 1.54) is 28.7 Å². The Morgan fingerprint density at radius 1 is 0.542 bits per heavy atom. The summed E-state index contributed by atoms with van der Waals surface area (Å²) in [6.07, 6.45) is 1.86. The predicted octanol–water partition coefficient (Wildman–Crippen LogP) is 6.27. The molecule has 0 saturated carbocycles. The highest BCUT2D eigenvalue weighted by molar-refractivity contribution is 8.04. The van der Waals surface area contributed by atoms with Crippen LogP contribution in [-0.2, 0) is 4.18 Å². The van der Waals surface area contributed by atoms with Crippen LogP contribution in [0.4, 0.5) is 0 Å². The van der Waals surface area contributed by atoms with Gasteiger partial charge in [0.2, 0.25) is 0 Å². The standard InChI is InChI=1S/C22H16OS/c1-4-10-17(11-5-1)20-16-23-24-22(19-14-8-3-9-15-19)21(20)18-12-6-2-7-13-18/h1-16H. The maximum atomic E-state index is 5.75. The monoisotopic (exact) mass is 328 g/mol. The van der Waals surface area contributed by atoms with Gasteiger partial charge in [-0.3, -0.25) is 0 Å². The van der Waals surface area contributed by atoms with Crippen molar-refractivity contribution < 1.29 is 4.18 Å². The molecule has 0 aliphatic carbocycles. The first-order valence-corrected chi connectivity index (χ1v) is 8.62. The lowest BCUT2D eigenvalue weighted by molar-refractivity contribution is 0.574. The molecule has 0 radical (unpaired) electrons. The fraction of sp³-hybridized carbons (Fsp3) is 0. The van der Waals surface area contributed by atoms with E-state index in [9.17, 15) is 0 Å². The quantitative estimate of drug-likeness (QED) is 0.524. The molecule has 0 saturated heterocycles. The van der Waals surface area contributed by atoms with E-state index in [-0.39, 0.29) is 0 Å². The third-order valence-corrected chi connectivity index (χ3v) is 4.78. The number of benzene rings is 3. The molecule has 0 aromatic heterocycles. The minimum atomic E-state index is 1.11. The highest BCUT2D eigenvalue weighted by atomic mass is 32.2. The van der Waals surface area contributed by atoms with Gasteiger partial charge in [-0.15, -0.1) is 0 Å². The summed E-state index contributed by atoms with van der Waals surface area (Å²) in [7, 11) is 0. The van der Waals surface area contributed by atoms with Gasteiger partial charge in [0.25, 0.3) is 0 Å². The molecular formula is C22H16OS. The summed E-state index contributed by atoms with van der Waals surface area (Å²) in [5, 5.41) is 0. The summed E-state index contributed by atoms with van der Waals surface area (Å²) in [5.41, 5.74) is 5.85. The van der Waals surface area contributed by atoms with Crippen molar-refractivity contribution in [1.82, 2.24) is 0 Å². The lowest BCUT2D eigenvalue weighted by atomic mass is 9.91. The van der Waals surface area contributed by atoms with Gasteiger partial charge >= 0.3 is 0 Å². The van der Waals surface area contributed by atoms with Gasteiger partial charge in [-0.25, -0.2) is 0 Å². The Labute approximate surface area is 146 Å². The Balaban J connectivity index is 1.95. The van der Waals surface area contributed by atoms with Crippen molar-refractivity contribution in [2.24, 2.45) is 0 Å². The molecule has 1 aliphatic rings. The van der Waals surface area contributed by atoms with Gasteiger partial charge in [0.1, 0.15) is 6.26 Å². The normalized spacial score (nSPS) is 14.1. The molecule has 3 aromatic rings. The number of rotatable bonds is 3. The number of allylic oxidation sites excluding steroid dienone is 2. The predicted molar refractivity (Wildman–Crippen MR) is 103 cm³/mol. The van der Waals surface area contributed by atoms with E-state index < -0.39 is 0 Å². The van der Waals surface area contributed by atoms with E-state index in [1.54, 1.807) is 0 Å². The number of hydrogen-bond donors (Lipinski definition) is 0. The summed E-state index contributed by atoms with van der Waals surface area (Å²) in [6.45, 7) is 0. The van der Waals surface area contributed by atoms with Crippen LogP contribution in [0.2, 0.25) is 0 Å². The Morgan fingerprint density at radius 2 is 1.04 bits per heavy atom. The zero-order valence-corrected chi connectivity index (χ0v) is 13.9. The van der Waals surface area contributed by atoms with Crippen LogP contribution in [0, 0.1) is 0 Å². The summed E-state index contributed by atoms with van der Waals surface area (Å²) in [6, 6.07) is 31.3. The molecule has 4 rings (SSSR count). The first-order valence-electron chi connectivity index (χ1n) is 7.88. The third kappa shape index (κ3) is 2.89. The fourth-order valence-electron chi connectivity index (χ4n) is 2.85. The molecule has 24 heavy (non-hydrogen) atoms. The van der Waals surface area contributed by atoms with Crippen molar-refractivity contribution in [3.8, 4) is 0 Å². The summed E-state index contributed by atoms with van der Waals surface area (Å²) < 4.78 is 5.75. The van der Waals surface area contributed by atoms with Gasteiger partial charge in [-0.05, 0) is 16.7 Å². The van der Waals surface area contributed by atoms with Crippen LogP contribution in [0.15, 0.2) is 97.3 Å². The average Bonchev–Trinajstić information content (AvgIpc) is 2.69. The summed E-state index contributed by atoms with van der Waals surface area (Å²) in [4.78, 5) is 1.14. The Kier molecular flexibility index (Phi) is 4.22. The fourth-order valence-corrected chi connectivity index (χ4v) is 3.63. The highest BCUT2D eigenvalue weighted by Crippen LogP contribution is 2.46. The van der Waals surface area contributed by atoms with Crippen LogP contribution < -0.4 is 0 Å². The molecule has 3 aromatic carbocycles. The molecule has 1 nitrogen and oxygen atoms in total. The molecule has 116 valence electrons. The van der Waals surface area contributed by atoms with E-state index in [0.717, 1.165) is 16.0 Å². The van der Waals surface area contributed by atoms with Crippen molar-refractivity contribution in [2.75, 3.05) is 0 Å². The van der Waals surface area contributed by atoms with E-state index in [0.29, 0.717) is 0 Å². The zero-order valence-electron chi connectivity index (χ0n) is 13.1. The maximum absolute atomic E-state index is 5.75. The van der Waals surface area contributed by atoms with Crippen molar-refractivity contribution in [1.29, 1.82) is 0 Å². The Hall–Kier alpha value is -2.71. The molecule has 0 unspecified atom stereocenters. The third-order valence-electron chi connectivity index (χ3n) is 3.98. The Morgan fingerprint density at radius 3 is 1.62 bits per heavy atom. The van der Waals surface area contributed by atoms with Crippen LogP contribution in [-0.4, -0.2) is 0 Å². The largest absolute Gasteiger partial charge is 0.428 e. The van der Waals surface area contributed by atoms with Crippen molar-refractivity contribution in [3.63, 3.8) is 0 Å². The van der Waals surface area contributed by atoms with E-state index >= 15 is 0 Å². The minimum absolute atomic E-state index is 1.11. The second-order valence-corrected chi connectivity index (χ2v) is 6.28. The van der Waals surface area contributed by atoms with Crippen LogP contribution >= 0.6 is 12.0 Å². The first kappa shape index (κ1) is 14.9. The molecule has 0 spiro atoms. The second kappa shape index (κ2) is 6.81. The maximum Gasteiger partial charge on any atom is 0.110 e. The average molecular weight is 328 g/mol. The van der Waals surface area contributed by atoms with E-state index in [2.05, 4.69) is 72.8 Å². The second-order valence-electron chi connectivity index (χ2n) is 5.51. The van der Waals surface area contributed by atoms with E-state index in [1.807, 2.05) is 24.5 Å². The minimum Gasteiger partial charge on any atom is -0.428 e. The lowest BCUT2D eigenvalue weighted by Crippen LogP contribution is -1.99. The van der Waals surface area contributed by atoms with Gasteiger partial charge in [-0.1, -0.05) is 91.0 Å². The lowest BCUT2D eigenvalue weighted by Gasteiger charge is -2.22.